The molecule has 72 valence electrons. The van der Waals surface area contributed by atoms with Crippen molar-refractivity contribution < 1.29 is 4.84 Å². The molecule has 0 bridgehead atoms. The monoisotopic (exact) mass is 189 g/mol. The Morgan fingerprint density at radius 1 is 1.42 bits per heavy atom. The molecule has 0 aromatic heterocycles. The van der Waals surface area contributed by atoms with Crippen LogP contribution in [0, 0.1) is 0 Å². The van der Waals surface area contributed by atoms with Gasteiger partial charge in [-0.05, 0) is 31.3 Å². The van der Waals surface area contributed by atoms with Crippen LogP contribution in [0.25, 0.3) is 0 Å². The topological polar surface area (TPSA) is 21.3 Å². The molecular formula is C9H19NOS. The molecule has 1 rings (SSSR count). The van der Waals surface area contributed by atoms with E-state index in [-0.39, 0.29) is 0 Å². The van der Waals surface area contributed by atoms with Crippen LogP contribution in [0.1, 0.15) is 32.1 Å². The predicted molar refractivity (Wildman–Crippen MR) is 54.3 cm³/mol. The molecule has 1 N–H and O–H groups in total. The Hall–Kier alpha value is 0.270. The van der Waals surface area contributed by atoms with E-state index in [1.807, 2.05) is 11.8 Å². The highest BCUT2D eigenvalue weighted by Crippen LogP contribution is 2.19. The Morgan fingerprint density at radius 3 is 2.83 bits per heavy atom. The lowest BCUT2D eigenvalue weighted by atomic mass is 10.3. The summed E-state index contributed by atoms with van der Waals surface area (Å²) >= 11 is 1.89. The number of thioether (sulfide) groups is 1. The van der Waals surface area contributed by atoms with Gasteiger partial charge in [0.25, 0.3) is 0 Å². The Balaban J connectivity index is 1.81. The van der Waals surface area contributed by atoms with Crippen molar-refractivity contribution in [2.45, 2.75) is 38.2 Å². The minimum absolute atomic E-state index is 0.499. The van der Waals surface area contributed by atoms with Gasteiger partial charge in [-0.2, -0.15) is 11.8 Å². The highest BCUT2D eigenvalue weighted by Gasteiger charge is 2.14. The van der Waals surface area contributed by atoms with Crippen LogP contribution in [0.3, 0.4) is 0 Å². The summed E-state index contributed by atoms with van der Waals surface area (Å²) in [6.07, 6.45) is 9.02. The largest absolute Gasteiger partial charge is 0.299 e. The van der Waals surface area contributed by atoms with Crippen molar-refractivity contribution in [2.75, 3.05) is 18.6 Å². The van der Waals surface area contributed by atoms with Gasteiger partial charge in [0.2, 0.25) is 0 Å². The maximum Gasteiger partial charge on any atom is 0.0790 e. The molecule has 0 amide bonds. The zero-order valence-corrected chi connectivity index (χ0v) is 8.66. The summed E-state index contributed by atoms with van der Waals surface area (Å²) in [4.78, 5) is 5.49. The van der Waals surface area contributed by atoms with Crippen LogP contribution < -0.4 is 5.48 Å². The fourth-order valence-electron chi connectivity index (χ4n) is 1.47. The second-order valence-corrected chi connectivity index (χ2v) is 4.25. The van der Waals surface area contributed by atoms with Crippen molar-refractivity contribution in [3.63, 3.8) is 0 Å². The Labute approximate surface area is 79.4 Å². The molecular weight excluding hydrogens is 170 g/mol. The van der Waals surface area contributed by atoms with Crippen LogP contribution in [0.5, 0.6) is 0 Å². The van der Waals surface area contributed by atoms with Crippen LogP contribution in [-0.4, -0.2) is 24.7 Å². The molecule has 0 aromatic carbocycles. The normalized spacial score (nSPS) is 18.8. The molecule has 3 heteroatoms. The van der Waals surface area contributed by atoms with Crippen LogP contribution in [0.4, 0.5) is 0 Å². The van der Waals surface area contributed by atoms with E-state index in [0.29, 0.717) is 6.10 Å². The lowest BCUT2D eigenvalue weighted by Crippen LogP contribution is -2.22. The van der Waals surface area contributed by atoms with E-state index in [9.17, 15) is 0 Å². The second kappa shape index (κ2) is 6.75. The summed E-state index contributed by atoms with van der Waals surface area (Å²) in [6, 6.07) is 0. The quantitative estimate of drug-likeness (QED) is 0.511. The first-order chi connectivity index (χ1) is 5.93. The summed E-state index contributed by atoms with van der Waals surface area (Å²) in [5.74, 6) is 1.22. The third-order valence-corrected chi connectivity index (χ3v) is 2.88. The van der Waals surface area contributed by atoms with Crippen molar-refractivity contribution in [3.8, 4) is 0 Å². The van der Waals surface area contributed by atoms with E-state index < -0.39 is 0 Å². The van der Waals surface area contributed by atoms with Crippen LogP contribution in [0.2, 0.25) is 0 Å². The average Bonchev–Trinajstić information content (AvgIpc) is 2.57. The molecule has 2 nitrogen and oxygen atoms in total. The highest BCUT2D eigenvalue weighted by molar-refractivity contribution is 7.98. The SMILES string of the molecule is CSCCCNOC1CCCC1. The zero-order valence-electron chi connectivity index (χ0n) is 7.84. The van der Waals surface area contributed by atoms with Gasteiger partial charge in [-0.1, -0.05) is 12.8 Å². The van der Waals surface area contributed by atoms with Crippen molar-refractivity contribution in [3.05, 3.63) is 0 Å². The van der Waals surface area contributed by atoms with E-state index in [2.05, 4.69) is 11.7 Å². The molecule has 0 unspecified atom stereocenters. The summed E-state index contributed by atoms with van der Waals surface area (Å²) in [5, 5.41) is 0. The lowest BCUT2D eigenvalue weighted by Gasteiger charge is -2.10. The minimum Gasteiger partial charge on any atom is -0.299 e. The Bertz CT molecular complexity index is 105. The van der Waals surface area contributed by atoms with Crippen LogP contribution >= 0.6 is 11.8 Å². The molecule has 12 heavy (non-hydrogen) atoms. The van der Waals surface area contributed by atoms with Gasteiger partial charge in [0.05, 0.1) is 6.10 Å². The van der Waals surface area contributed by atoms with Gasteiger partial charge in [-0.15, -0.1) is 0 Å². The standard InChI is InChI=1S/C9H19NOS/c1-12-8-4-7-10-11-9-5-2-3-6-9/h9-10H,2-8H2,1H3. The van der Waals surface area contributed by atoms with Gasteiger partial charge in [0.15, 0.2) is 0 Å². The van der Waals surface area contributed by atoms with E-state index in [1.54, 1.807) is 0 Å². The maximum atomic E-state index is 5.49. The molecule has 1 saturated carbocycles. The molecule has 0 aliphatic heterocycles. The molecule has 1 aliphatic rings. The van der Waals surface area contributed by atoms with Crippen LogP contribution in [-0.2, 0) is 4.84 Å². The van der Waals surface area contributed by atoms with Gasteiger partial charge < -0.3 is 0 Å². The first-order valence-corrected chi connectivity index (χ1v) is 6.20. The van der Waals surface area contributed by atoms with E-state index in [1.165, 1.54) is 37.9 Å². The van der Waals surface area contributed by atoms with Gasteiger partial charge >= 0.3 is 0 Å². The predicted octanol–water partition coefficient (Wildman–Crippen LogP) is 2.20. The first kappa shape index (κ1) is 10.4. The average molecular weight is 189 g/mol. The summed E-state index contributed by atoms with van der Waals surface area (Å²) < 4.78 is 0. The maximum absolute atomic E-state index is 5.49. The fraction of sp³-hybridized carbons (Fsp3) is 1.00. The van der Waals surface area contributed by atoms with Crippen molar-refractivity contribution in [1.29, 1.82) is 0 Å². The molecule has 1 aliphatic carbocycles. The van der Waals surface area contributed by atoms with Crippen molar-refractivity contribution in [1.82, 2.24) is 5.48 Å². The van der Waals surface area contributed by atoms with Gasteiger partial charge in [0.1, 0.15) is 0 Å². The number of hydrogen-bond donors (Lipinski definition) is 1. The number of hydroxylamine groups is 1. The van der Waals surface area contributed by atoms with Gasteiger partial charge in [-0.25, -0.2) is 5.48 Å². The molecule has 0 spiro atoms. The minimum atomic E-state index is 0.499. The number of nitrogens with one attached hydrogen (secondary N) is 1. The van der Waals surface area contributed by atoms with Crippen LogP contribution in [0.15, 0.2) is 0 Å². The fourth-order valence-corrected chi connectivity index (χ4v) is 1.90. The van der Waals surface area contributed by atoms with Gasteiger partial charge in [0, 0.05) is 6.54 Å². The molecule has 0 aromatic rings. The first-order valence-electron chi connectivity index (χ1n) is 4.81. The Kier molecular flexibility index (Phi) is 5.82. The lowest BCUT2D eigenvalue weighted by molar-refractivity contribution is -0.0201. The molecule has 0 saturated heterocycles. The summed E-state index contributed by atoms with van der Waals surface area (Å²) in [6.45, 7) is 0.997. The number of rotatable bonds is 6. The highest BCUT2D eigenvalue weighted by atomic mass is 32.2. The third kappa shape index (κ3) is 4.33. The molecule has 0 atom stereocenters. The van der Waals surface area contributed by atoms with E-state index >= 15 is 0 Å². The van der Waals surface area contributed by atoms with E-state index in [4.69, 9.17) is 4.84 Å². The molecule has 0 heterocycles. The number of hydrogen-bond acceptors (Lipinski definition) is 3. The second-order valence-electron chi connectivity index (χ2n) is 3.27. The molecule has 0 radical (unpaired) electrons. The van der Waals surface area contributed by atoms with E-state index in [0.717, 1.165) is 6.54 Å². The van der Waals surface area contributed by atoms with Gasteiger partial charge in [-0.3, -0.25) is 4.84 Å². The Morgan fingerprint density at radius 2 is 2.17 bits per heavy atom. The van der Waals surface area contributed by atoms with Crippen molar-refractivity contribution in [2.24, 2.45) is 0 Å². The smallest absolute Gasteiger partial charge is 0.0790 e. The molecule has 1 fully saturated rings. The zero-order chi connectivity index (χ0) is 8.65. The summed E-state index contributed by atoms with van der Waals surface area (Å²) in [7, 11) is 0. The van der Waals surface area contributed by atoms with Crippen molar-refractivity contribution >= 4 is 11.8 Å². The summed E-state index contributed by atoms with van der Waals surface area (Å²) in [5.41, 5.74) is 3.05. The third-order valence-electron chi connectivity index (χ3n) is 2.18.